The topological polar surface area (TPSA) is 98.2 Å². The number of aliphatic hydroxyl groups is 1. The zero-order valence-electron chi connectivity index (χ0n) is 18.3. The van der Waals surface area contributed by atoms with Crippen LogP contribution < -0.4 is 19.1 Å². The Hall–Kier alpha value is -4.33. The Morgan fingerprint density at radius 2 is 1.64 bits per heavy atom. The van der Waals surface area contributed by atoms with E-state index in [4.69, 9.17) is 14.2 Å². The van der Waals surface area contributed by atoms with Crippen LogP contribution in [0, 0.1) is 0 Å². The number of ketones is 1. The number of anilines is 1. The molecule has 0 unspecified atom stereocenters. The highest BCUT2D eigenvalue weighted by Gasteiger charge is 2.47. The smallest absolute Gasteiger partial charge is 0.301 e. The Balaban J connectivity index is 1.94. The first kappa shape index (κ1) is 21.9. The number of carbonyl (C=O) groups is 2. The van der Waals surface area contributed by atoms with Crippen LogP contribution in [-0.4, -0.2) is 43.1 Å². The van der Waals surface area contributed by atoms with Crippen molar-refractivity contribution in [3.63, 3.8) is 0 Å². The fraction of sp³-hybridized carbons (Fsp3) is 0.160. The van der Waals surface area contributed by atoms with E-state index in [1.165, 1.54) is 32.4 Å². The number of pyridine rings is 1. The molecule has 2 heterocycles. The molecule has 0 bridgehead atoms. The number of benzene rings is 2. The van der Waals surface area contributed by atoms with Gasteiger partial charge in [0.15, 0.2) is 11.5 Å². The number of amides is 1. The predicted octanol–water partition coefficient (Wildman–Crippen LogP) is 3.73. The molecule has 1 saturated heterocycles. The number of methoxy groups -OCH3 is 3. The molecule has 1 N–H and O–H groups in total. The van der Waals surface area contributed by atoms with Gasteiger partial charge in [-0.05, 0) is 54.1 Å². The fourth-order valence-corrected chi connectivity index (χ4v) is 3.81. The average Bonchev–Trinajstić information content (AvgIpc) is 3.13. The fourth-order valence-electron chi connectivity index (χ4n) is 3.81. The minimum absolute atomic E-state index is 0.0527. The van der Waals surface area contributed by atoms with Gasteiger partial charge in [0, 0.05) is 11.8 Å². The van der Waals surface area contributed by atoms with Gasteiger partial charge in [0.25, 0.3) is 5.78 Å². The number of hydrogen-bond acceptors (Lipinski definition) is 7. The van der Waals surface area contributed by atoms with Gasteiger partial charge in [-0.25, -0.2) is 4.98 Å². The van der Waals surface area contributed by atoms with E-state index in [2.05, 4.69) is 4.98 Å². The van der Waals surface area contributed by atoms with E-state index in [0.717, 1.165) is 0 Å². The van der Waals surface area contributed by atoms with Gasteiger partial charge in [0.2, 0.25) is 0 Å². The van der Waals surface area contributed by atoms with Gasteiger partial charge in [0.05, 0.1) is 32.9 Å². The van der Waals surface area contributed by atoms with Crippen LogP contribution in [0.2, 0.25) is 0 Å². The number of aliphatic hydroxyl groups excluding tert-OH is 1. The molecule has 0 aliphatic carbocycles. The molecule has 1 atom stereocenters. The molecular formula is C25H22N2O6. The molecule has 8 nitrogen and oxygen atoms in total. The summed E-state index contributed by atoms with van der Waals surface area (Å²) in [5.41, 5.74) is 0.871. The van der Waals surface area contributed by atoms with E-state index >= 15 is 0 Å². The molecule has 0 radical (unpaired) electrons. The van der Waals surface area contributed by atoms with Gasteiger partial charge >= 0.3 is 5.91 Å². The highest BCUT2D eigenvalue weighted by atomic mass is 16.5. The first-order valence-corrected chi connectivity index (χ1v) is 10.1. The lowest BCUT2D eigenvalue weighted by Crippen LogP contribution is -2.30. The minimum atomic E-state index is -0.929. The summed E-state index contributed by atoms with van der Waals surface area (Å²) in [5.74, 6) is -0.103. The van der Waals surface area contributed by atoms with E-state index in [-0.39, 0.29) is 17.2 Å². The maximum Gasteiger partial charge on any atom is 0.301 e. The molecule has 1 aromatic heterocycles. The molecule has 4 rings (SSSR count). The molecule has 1 fully saturated rings. The quantitative estimate of drug-likeness (QED) is 0.350. The number of hydrogen-bond donors (Lipinski definition) is 1. The van der Waals surface area contributed by atoms with Crippen LogP contribution >= 0.6 is 0 Å². The predicted molar refractivity (Wildman–Crippen MR) is 122 cm³/mol. The van der Waals surface area contributed by atoms with Crippen molar-refractivity contribution in [2.75, 3.05) is 26.2 Å². The van der Waals surface area contributed by atoms with Crippen molar-refractivity contribution >= 4 is 23.3 Å². The molecule has 8 heteroatoms. The summed E-state index contributed by atoms with van der Waals surface area (Å²) in [6.07, 6.45) is 1.53. The number of ether oxygens (including phenoxy) is 3. The number of nitrogens with zero attached hydrogens (tertiary/aromatic N) is 2. The lowest BCUT2D eigenvalue weighted by molar-refractivity contribution is -0.132. The minimum Gasteiger partial charge on any atom is -0.507 e. The van der Waals surface area contributed by atoms with Gasteiger partial charge in [0.1, 0.15) is 17.3 Å². The molecule has 3 aromatic rings. The van der Waals surface area contributed by atoms with E-state index in [1.54, 1.807) is 60.7 Å². The highest BCUT2D eigenvalue weighted by molar-refractivity contribution is 6.51. The van der Waals surface area contributed by atoms with Crippen LogP contribution in [-0.2, 0) is 9.59 Å². The molecule has 1 aliphatic rings. The van der Waals surface area contributed by atoms with Gasteiger partial charge in [-0.1, -0.05) is 12.1 Å². The maximum atomic E-state index is 13.2. The second-order valence-electron chi connectivity index (χ2n) is 7.20. The largest absolute Gasteiger partial charge is 0.507 e. The number of Topliss-reactive ketones (excluding diaryl/α,β-unsaturated/α-hetero) is 1. The first-order valence-electron chi connectivity index (χ1n) is 10.1. The lowest BCUT2D eigenvalue weighted by atomic mass is 9.95. The number of rotatable bonds is 6. The zero-order valence-corrected chi connectivity index (χ0v) is 18.3. The van der Waals surface area contributed by atoms with Crippen molar-refractivity contribution in [2.24, 2.45) is 0 Å². The van der Waals surface area contributed by atoms with E-state index in [0.29, 0.717) is 28.4 Å². The van der Waals surface area contributed by atoms with Crippen LogP contribution in [0.1, 0.15) is 17.2 Å². The van der Waals surface area contributed by atoms with Crippen molar-refractivity contribution < 1.29 is 28.9 Å². The van der Waals surface area contributed by atoms with Crippen molar-refractivity contribution in [1.82, 2.24) is 4.98 Å². The molecule has 2 aromatic carbocycles. The second-order valence-corrected chi connectivity index (χ2v) is 7.20. The summed E-state index contributed by atoms with van der Waals surface area (Å²) in [6.45, 7) is 0. The summed E-state index contributed by atoms with van der Waals surface area (Å²) in [4.78, 5) is 31.8. The SMILES string of the molecule is COc1ccc(C(O)=C2C(=O)C(=O)N(c3ccccn3)[C@H]2c2ccc(OC)c(OC)c2)cc1. The van der Waals surface area contributed by atoms with Crippen LogP contribution in [0.3, 0.4) is 0 Å². The summed E-state index contributed by atoms with van der Waals surface area (Å²) < 4.78 is 15.9. The van der Waals surface area contributed by atoms with E-state index in [1.807, 2.05) is 0 Å². The van der Waals surface area contributed by atoms with Crippen LogP contribution in [0.25, 0.3) is 5.76 Å². The summed E-state index contributed by atoms with van der Waals surface area (Å²) in [5, 5.41) is 11.2. The normalized spacial score (nSPS) is 17.2. The monoisotopic (exact) mass is 446 g/mol. The summed E-state index contributed by atoms with van der Waals surface area (Å²) >= 11 is 0. The first-order chi connectivity index (χ1) is 16.0. The standard InChI is InChI=1S/C25H22N2O6/c1-31-17-10-7-15(8-11-17)23(28)21-22(16-9-12-18(32-2)19(14-16)33-3)27(25(30)24(21)29)20-6-4-5-13-26-20/h4-14,22,28H,1-3H3/t22-/m0/s1. The van der Waals surface area contributed by atoms with Gasteiger partial charge in [-0.2, -0.15) is 0 Å². The molecule has 168 valence electrons. The Morgan fingerprint density at radius 3 is 2.24 bits per heavy atom. The van der Waals surface area contributed by atoms with Crippen molar-refractivity contribution in [3.05, 3.63) is 83.6 Å². The molecular weight excluding hydrogens is 424 g/mol. The molecule has 0 saturated carbocycles. The van der Waals surface area contributed by atoms with E-state index in [9.17, 15) is 14.7 Å². The summed E-state index contributed by atoms with van der Waals surface area (Å²) in [7, 11) is 4.54. The van der Waals surface area contributed by atoms with E-state index < -0.39 is 17.7 Å². The molecule has 1 amide bonds. The van der Waals surface area contributed by atoms with Crippen LogP contribution in [0.5, 0.6) is 17.2 Å². The Labute approximate surface area is 190 Å². The van der Waals surface area contributed by atoms with Crippen LogP contribution in [0.4, 0.5) is 5.82 Å². The molecule has 33 heavy (non-hydrogen) atoms. The van der Waals surface area contributed by atoms with Gasteiger partial charge in [-0.15, -0.1) is 0 Å². The third-order valence-electron chi connectivity index (χ3n) is 5.43. The molecule has 1 aliphatic heterocycles. The average molecular weight is 446 g/mol. The Morgan fingerprint density at radius 1 is 0.909 bits per heavy atom. The molecule has 0 spiro atoms. The van der Waals surface area contributed by atoms with Crippen molar-refractivity contribution in [1.29, 1.82) is 0 Å². The van der Waals surface area contributed by atoms with Crippen molar-refractivity contribution in [2.45, 2.75) is 6.04 Å². The highest BCUT2D eigenvalue weighted by Crippen LogP contribution is 2.43. The third kappa shape index (κ3) is 3.87. The van der Waals surface area contributed by atoms with Gasteiger partial charge in [-0.3, -0.25) is 14.5 Å². The lowest BCUT2D eigenvalue weighted by Gasteiger charge is -2.25. The summed E-state index contributed by atoms with van der Waals surface area (Å²) in [6, 6.07) is 15.8. The number of carbonyl (C=O) groups excluding carboxylic acids is 2. The Bertz CT molecular complexity index is 1220. The zero-order chi connectivity index (χ0) is 23.5. The number of aromatic nitrogens is 1. The Kier molecular flexibility index (Phi) is 5.99. The van der Waals surface area contributed by atoms with Crippen molar-refractivity contribution in [3.8, 4) is 17.2 Å². The second kappa shape index (κ2) is 9.04. The van der Waals surface area contributed by atoms with Gasteiger partial charge < -0.3 is 19.3 Å². The third-order valence-corrected chi connectivity index (χ3v) is 5.43. The maximum absolute atomic E-state index is 13.2. The van der Waals surface area contributed by atoms with Crippen LogP contribution in [0.15, 0.2) is 72.4 Å².